The van der Waals surface area contributed by atoms with E-state index < -0.39 is 0 Å². The lowest BCUT2D eigenvalue weighted by Gasteiger charge is -2.35. The number of pyridine rings is 1. The molecular weight excluding hydrogens is 308 g/mol. The molecule has 0 aliphatic carbocycles. The molecule has 1 aromatic carbocycles. The van der Waals surface area contributed by atoms with Gasteiger partial charge in [-0.15, -0.1) is 11.3 Å². The van der Waals surface area contributed by atoms with Gasteiger partial charge >= 0.3 is 0 Å². The van der Waals surface area contributed by atoms with Gasteiger partial charge in [-0.3, -0.25) is 9.78 Å². The number of nitrogens with zero attached hydrogens (tertiary/aromatic N) is 3. The van der Waals surface area contributed by atoms with E-state index in [2.05, 4.69) is 15.3 Å². The van der Waals surface area contributed by atoms with E-state index in [4.69, 9.17) is 0 Å². The van der Waals surface area contributed by atoms with Crippen LogP contribution >= 0.6 is 11.3 Å². The molecule has 1 amide bonds. The van der Waals surface area contributed by atoms with E-state index in [0.29, 0.717) is 5.56 Å². The molecule has 3 aromatic rings. The molecule has 1 aliphatic rings. The summed E-state index contributed by atoms with van der Waals surface area (Å²) in [6.45, 7) is 0. The molecule has 0 bridgehead atoms. The summed E-state index contributed by atoms with van der Waals surface area (Å²) in [6.07, 6.45) is 1.48. The highest BCUT2D eigenvalue weighted by molar-refractivity contribution is 7.13. The predicted molar refractivity (Wildman–Crippen MR) is 90.4 cm³/mol. The summed E-state index contributed by atoms with van der Waals surface area (Å²) in [4.78, 5) is 23.3. The maximum atomic E-state index is 12.3. The van der Waals surface area contributed by atoms with Crippen LogP contribution in [-0.2, 0) is 0 Å². The van der Waals surface area contributed by atoms with E-state index in [1.54, 1.807) is 6.20 Å². The number of amides is 1. The summed E-state index contributed by atoms with van der Waals surface area (Å²) in [5.74, 6) is -0.0731. The van der Waals surface area contributed by atoms with Crippen molar-refractivity contribution in [1.82, 2.24) is 15.3 Å². The zero-order chi connectivity index (χ0) is 15.8. The zero-order valence-electron chi connectivity index (χ0n) is 12.4. The molecule has 3 heterocycles. The average Bonchev–Trinajstić information content (AvgIpc) is 3.09. The van der Waals surface area contributed by atoms with Crippen LogP contribution in [-0.4, -0.2) is 22.9 Å². The van der Waals surface area contributed by atoms with Gasteiger partial charge in [-0.1, -0.05) is 18.2 Å². The number of rotatable bonds is 2. The minimum atomic E-state index is -0.272. The average molecular weight is 322 g/mol. The second kappa shape index (κ2) is 5.48. The van der Waals surface area contributed by atoms with Crippen molar-refractivity contribution in [3.05, 3.63) is 65.3 Å². The van der Waals surface area contributed by atoms with E-state index in [-0.39, 0.29) is 12.1 Å². The predicted octanol–water partition coefficient (Wildman–Crippen LogP) is 3.08. The Morgan fingerprint density at radius 3 is 2.83 bits per heavy atom. The maximum Gasteiger partial charge on any atom is 0.255 e. The summed E-state index contributed by atoms with van der Waals surface area (Å²) in [6, 6.07) is 13.3. The lowest BCUT2D eigenvalue weighted by molar-refractivity contribution is 0.0927. The molecular formula is C17H14N4OS. The minimum absolute atomic E-state index is 0.0731. The highest BCUT2D eigenvalue weighted by Crippen LogP contribution is 2.33. The van der Waals surface area contributed by atoms with E-state index in [9.17, 15) is 4.79 Å². The molecule has 2 aromatic heterocycles. The van der Waals surface area contributed by atoms with Crippen LogP contribution in [0.2, 0.25) is 0 Å². The third-order valence-corrected chi connectivity index (χ3v) is 4.75. The van der Waals surface area contributed by atoms with Gasteiger partial charge in [0, 0.05) is 18.6 Å². The van der Waals surface area contributed by atoms with Gasteiger partial charge in [-0.2, -0.15) is 0 Å². The Bertz CT molecular complexity index is 862. The number of nitrogens with one attached hydrogen (secondary N) is 1. The third-order valence-electron chi connectivity index (χ3n) is 3.87. The van der Waals surface area contributed by atoms with Crippen molar-refractivity contribution < 1.29 is 4.79 Å². The van der Waals surface area contributed by atoms with Crippen LogP contribution in [0.1, 0.15) is 22.2 Å². The number of para-hydroxylation sites is 1. The SMILES string of the molecule is CN1c2ccccc2C(=O)N[C@@H]1c1csc(-c2ccccn2)n1. The molecule has 1 N–H and O–H groups in total. The molecule has 0 fully saturated rings. The van der Waals surface area contributed by atoms with Crippen molar-refractivity contribution in [3.63, 3.8) is 0 Å². The van der Waals surface area contributed by atoms with Gasteiger partial charge < -0.3 is 10.2 Å². The summed E-state index contributed by atoms with van der Waals surface area (Å²) in [5, 5.41) is 5.83. The molecule has 6 heteroatoms. The fourth-order valence-corrected chi connectivity index (χ4v) is 3.52. The summed E-state index contributed by atoms with van der Waals surface area (Å²) >= 11 is 1.53. The quantitative estimate of drug-likeness (QED) is 0.788. The third kappa shape index (κ3) is 2.37. The van der Waals surface area contributed by atoms with Crippen molar-refractivity contribution >= 4 is 22.9 Å². The Kier molecular flexibility index (Phi) is 3.31. The first kappa shape index (κ1) is 13.9. The van der Waals surface area contributed by atoms with Crippen molar-refractivity contribution in [2.75, 3.05) is 11.9 Å². The maximum absolute atomic E-state index is 12.3. The number of benzene rings is 1. The highest BCUT2D eigenvalue weighted by atomic mass is 32.1. The number of hydrogen-bond donors (Lipinski definition) is 1. The Labute approximate surface area is 137 Å². The molecule has 0 saturated heterocycles. The summed E-state index contributed by atoms with van der Waals surface area (Å²) < 4.78 is 0. The second-order valence-electron chi connectivity index (χ2n) is 5.30. The van der Waals surface area contributed by atoms with Crippen LogP contribution in [0.5, 0.6) is 0 Å². The number of anilines is 1. The number of hydrogen-bond acceptors (Lipinski definition) is 5. The summed E-state index contributed by atoms with van der Waals surface area (Å²) in [7, 11) is 1.96. The molecule has 5 nitrogen and oxygen atoms in total. The fourth-order valence-electron chi connectivity index (χ4n) is 2.70. The highest BCUT2D eigenvalue weighted by Gasteiger charge is 2.30. The molecule has 1 aliphatic heterocycles. The first-order valence-corrected chi connectivity index (χ1v) is 8.11. The molecule has 23 heavy (non-hydrogen) atoms. The molecule has 0 spiro atoms. The largest absolute Gasteiger partial charge is 0.349 e. The van der Waals surface area contributed by atoms with Gasteiger partial charge in [0.05, 0.1) is 22.6 Å². The first-order valence-electron chi connectivity index (χ1n) is 7.23. The number of carbonyl (C=O) groups excluding carboxylic acids is 1. The second-order valence-corrected chi connectivity index (χ2v) is 6.15. The minimum Gasteiger partial charge on any atom is -0.349 e. The van der Waals surface area contributed by atoms with Gasteiger partial charge in [-0.25, -0.2) is 4.98 Å². The molecule has 0 saturated carbocycles. The number of aromatic nitrogens is 2. The van der Waals surface area contributed by atoms with Gasteiger partial charge in [0.2, 0.25) is 0 Å². The normalized spacial score (nSPS) is 16.8. The van der Waals surface area contributed by atoms with Gasteiger partial charge in [0.15, 0.2) is 0 Å². The zero-order valence-corrected chi connectivity index (χ0v) is 13.2. The lowest BCUT2D eigenvalue weighted by Crippen LogP contribution is -2.44. The fraction of sp³-hybridized carbons (Fsp3) is 0.118. The van der Waals surface area contributed by atoms with Gasteiger partial charge in [0.1, 0.15) is 11.2 Å². The van der Waals surface area contributed by atoms with Crippen molar-refractivity contribution in [2.45, 2.75) is 6.17 Å². The molecule has 0 unspecified atom stereocenters. The topological polar surface area (TPSA) is 58.1 Å². The van der Waals surface area contributed by atoms with Crippen molar-refractivity contribution in [2.24, 2.45) is 0 Å². The van der Waals surface area contributed by atoms with E-state index in [0.717, 1.165) is 22.1 Å². The van der Waals surface area contributed by atoms with Crippen molar-refractivity contribution in [3.8, 4) is 10.7 Å². The number of carbonyl (C=O) groups is 1. The van der Waals surface area contributed by atoms with E-state index in [1.807, 2.05) is 59.8 Å². The number of fused-ring (bicyclic) bond motifs is 1. The summed E-state index contributed by atoms with van der Waals surface area (Å²) in [5.41, 5.74) is 3.26. The molecule has 4 rings (SSSR count). The van der Waals surface area contributed by atoms with Crippen LogP contribution < -0.4 is 10.2 Å². The standard InChI is InChI=1S/C17H14N4OS/c1-21-14-8-3-2-6-11(14)16(22)20-15(21)13-10-23-17(19-13)12-7-4-5-9-18-12/h2-10,15H,1H3,(H,20,22)/t15-/m0/s1. The van der Waals surface area contributed by atoms with Crippen LogP contribution in [0.15, 0.2) is 54.0 Å². The Hall–Kier alpha value is -2.73. The van der Waals surface area contributed by atoms with Crippen LogP contribution in [0.4, 0.5) is 5.69 Å². The Morgan fingerprint density at radius 2 is 2.00 bits per heavy atom. The van der Waals surface area contributed by atoms with Gasteiger partial charge in [-0.05, 0) is 24.3 Å². The monoisotopic (exact) mass is 322 g/mol. The molecule has 114 valence electrons. The van der Waals surface area contributed by atoms with Crippen LogP contribution in [0.3, 0.4) is 0 Å². The lowest BCUT2D eigenvalue weighted by atomic mass is 10.1. The smallest absolute Gasteiger partial charge is 0.255 e. The molecule has 1 atom stereocenters. The van der Waals surface area contributed by atoms with Gasteiger partial charge in [0.25, 0.3) is 5.91 Å². The van der Waals surface area contributed by atoms with Crippen LogP contribution in [0, 0.1) is 0 Å². The molecule has 0 radical (unpaired) electrons. The van der Waals surface area contributed by atoms with Crippen molar-refractivity contribution in [1.29, 1.82) is 0 Å². The van der Waals surface area contributed by atoms with E-state index >= 15 is 0 Å². The van der Waals surface area contributed by atoms with E-state index in [1.165, 1.54) is 11.3 Å². The Morgan fingerprint density at radius 1 is 1.17 bits per heavy atom. The Balaban J connectivity index is 1.70. The van der Waals surface area contributed by atoms with Crippen LogP contribution in [0.25, 0.3) is 10.7 Å². The first-order chi connectivity index (χ1) is 11.2. The number of thiazole rings is 1.